The highest BCUT2D eigenvalue weighted by molar-refractivity contribution is 7.90. The Bertz CT molecular complexity index is 524. The highest BCUT2D eigenvalue weighted by atomic mass is 32.2. The average Bonchev–Trinajstić information content (AvgIpc) is 2.25. The normalized spacial score (nSPS) is 13.1. The van der Waals surface area contributed by atoms with Crippen LogP contribution in [0.3, 0.4) is 0 Å². The van der Waals surface area contributed by atoms with E-state index in [-0.39, 0.29) is 11.8 Å². The molecular formula is C12H17NO5S. The smallest absolute Gasteiger partial charge is 0.320 e. The molecule has 0 aliphatic rings. The zero-order valence-corrected chi connectivity index (χ0v) is 11.4. The van der Waals surface area contributed by atoms with Crippen LogP contribution < -0.4 is 4.72 Å². The third-order valence-electron chi connectivity index (χ3n) is 2.50. The molecule has 1 aromatic carbocycles. The summed E-state index contributed by atoms with van der Waals surface area (Å²) in [5.41, 5.74) is 0.974. The summed E-state index contributed by atoms with van der Waals surface area (Å²) in [4.78, 5) is 10.4. The minimum absolute atomic E-state index is 0.180. The first-order valence-electron chi connectivity index (χ1n) is 5.78. The van der Waals surface area contributed by atoms with Gasteiger partial charge in [0.2, 0.25) is 10.0 Å². The first-order chi connectivity index (χ1) is 8.78. The number of sulfonamides is 1. The topological polar surface area (TPSA) is 104 Å². The van der Waals surface area contributed by atoms with Gasteiger partial charge in [-0.3, -0.25) is 4.79 Å². The van der Waals surface area contributed by atoms with Crippen molar-refractivity contribution in [2.45, 2.75) is 25.8 Å². The van der Waals surface area contributed by atoms with Gasteiger partial charge in [-0.1, -0.05) is 12.1 Å². The lowest BCUT2D eigenvalue weighted by molar-refractivity contribution is -0.134. The molecule has 0 aliphatic carbocycles. The van der Waals surface area contributed by atoms with Crippen LogP contribution in [0.1, 0.15) is 18.9 Å². The van der Waals surface area contributed by atoms with Gasteiger partial charge in [0, 0.05) is 6.04 Å². The van der Waals surface area contributed by atoms with Crippen molar-refractivity contribution in [3.05, 3.63) is 29.8 Å². The fraction of sp³-hybridized carbons (Fsp3) is 0.417. The second kappa shape index (κ2) is 6.53. The predicted molar refractivity (Wildman–Crippen MR) is 70.4 cm³/mol. The Kier molecular flexibility index (Phi) is 5.31. The molecular weight excluding hydrogens is 270 g/mol. The van der Waals surface area contributed by atoms with Gasteiger partial charge in [-0.2, -0.15) is 0 Å². The van der Waals surface area contributed by atoms with Crippen molar-refractivity contribution in [3.8, 4) is 5.75 Å². The first-order valence-corrected chi connectivity index (χ1v) is 7.43. The van der Waals surface area contributed by atoms with E-state index in [1.165, 1.54) is 0 Å². The monoisotopic (exact) mass is 287 g/mol. The van der Waals surface area contributed by atoms with Crippen LogP contribution in [0.2, 0.25) is 0 Å². The summed E-state index contributed by atoms with van der Waals surface area (Å²) in [6.45, 7) is 1.68. The van der Waals surface area contributed by atoms with Crippen molar-refractivity contribution in [2.75, 3.05) is 5.75 Å². The summed E-state index contributed by atoms with van der Waals surface area (Å²) in [6, 6.07) is 6.29. The number of phenols is 1. The fourth-order valence-electron chi connectivity index (χ4n) is 1.62. The second-order valence-corrected chi connectivity index (χ2v) is 6.13. The average molecular weight is 287 g/mol. The van der Waals surface area contributed by atoms with E-state index in [0.717, 1.165) is 5.56 Å². The number of carboxylic acids is 1. The lowest BCUT2D eigenvalue weighted by Crippen LogP contribution is -2.36. The molecule has 1 aromatic rings. The fourth-order valence-corrected chi connectivity index (χ4v) is 2.75. The molecule has 0 aromatic heterocycles. The highest BCUT2D eigenvalue weighted by Gasteiger charge is 2.18. The maximum atomic E-state index is 11.4. The Labute approximate surface area is 112 Å². The lowest BCUT2D eigenvalue weighted by atomic mass is 10.1. The largest absolute Gasteiger partial charge is 0.508 e. The summed E-state index contributed by atoms with van der Waals surface area (Å²) in [5.74, 6) is -2.12. The van der Waals surface area contributed by atoms with Gasteiger partial charge >= 0.3 is 5.97 Å². The van der Waals surface area contributed by atoms with Crippen LogP contribution in [0.25, 0.3) is 0 Å². The third-order valence-corrected chi connectivity index (χ3v) is 3.89. The maximum absolute atomic E-state index is 11.4. The van der Waals surface area contributed by atoms with Crippen LogP contribution >= 0.6 is 0 Å². The molecule has 0 saturated carbocycles. The third kappa shape index (κ3) is 6.21. The van der Waals surface area contributed by atoms with Gasteiger partial charge in [0.15, 0.2) is 5.75 Å². The molecule has 7 heteroatoms. The maximum Gasteiger partial charge on any atom is 0.320 e. The van der Waals surface area contributed by atoms with Gasteiger partial charge in [0.25, 0.3) is 0 Å². The molecule has 0 spiro atoms. The molecule has 0 saturated heterocycles. The van der Waals surface area contributed by atoms with Crippen molar-refractivity contribution in [3.63, 3.8) is 0 Å². The number of phenolic OH excluding ortho intramolecular Hbond substituents is 1. The molecule has 0 fully saturated rings. The van der Waals surface area contributed by atoms with E-state index in [9.17, 15) is 13.2 Å². The number of aliphatic carboxylic acids is 1. The van der Waals surface area contributed by atoms with Crippen LogP contribution in [0, 0.1) is 0 Å². The molecule has 1 atom stereocenters. The van der Waals surface area contributed by atoms with Crippen molar-refractivity contribution < 1.29 is 23.4 Å². The first kappa shape index (κ1) is 15.5. The standard InChI is InChI=1S/C12H17NO5S/c1-9(13-19(17,18)8-12(15)16)2-3-10-4-6-11(14)7-5-10/h4-7,9,13-14H,2-3,8H2,1H3,(H,15,16). The Morgan fingerprint density at radius 3 is 2.42 bits per heavy atom. The number of carboxylic acid groups (broad SMARTS) is 1. The number of hydrogen-bond donors (Lipinski definition) is 3. The molecule has 0 aliphatic heterocycles. The van der Waals surface area contributed by atoms with Crippen LogP contribution in [-0.4, -0.2) is 36.4 Å². The lowest BCUT2D eigenvalue weighted by Gasteiger charge is -2.13. The number of hydrogen-bond acceptors (Lipinski definition) is 4. The van der Waals surface area contributed by atoms with Crippen LogP contribution in [-0.2, 0) is 21.2 Å². The molecule has 3 N–H and O–H groups in total. The Hall–Kier alpha value is -1.60. The Balaban J connectivity index is 2.45. The molecule has 19 heavy (non-hydrogen) atoms. The van der Waals surface area contributed by atoms with Gasteiger partial charge < -0.3 is 10.2 Å². The van der Waals surface area contributed by atoms with E-state index in [2.05, 4.69) is 4.72 Å². The minimum atomic E-state index is -3.78. The second-order valence-electron chi connectivity index (χ2n) is 4.38. The van der Waals surface area contributed by atoms with E-state index in [1.54, 1.807) is 31.2 Å². The number of carbonyl (C=O) groups is 1. The van der Waals surface area contributed by atoms with E-state index < -0.39 is 21.7 Å². The van der Waals surface area contributed by atoms with Gasteiger partial charge in [-0.15, -0.1) is 0 Å². The van der Waals surface area contributed by atoms with Crippen molar-refractivity contribution >= 4 is 16.0 Å². The van der Waals surface area contributed by atoms with Gasteiger partial charge in [0.1, 0.15) is 5.75 Å². The molecule has 0 bridgehead atoms. The van der Waals surface area contributed by atoms with Gasteiger partial charge in [-0.05, 0) is 37.5 Å². The number of aryl methyl sites for hydroxylation is 1. The molecule has 0 radical (unpaired) electrons. The van der Waals surface area contributed by atoms with E-state index in [1.807, 2.05) is 0 Å². The SMILES string of the molecule is CC(CCc1ccc(O)cc1)NS(=O)(=O)CC(=O)O. The van der Waals surface area contributed by atoms with Crippen LogP contribution in [0.4, 0.5) is 0 Å². The number of aromatic hydroxyl groups is 1. The van der Waals surface area contributed by atoms with Crippen molar-refractivity contribution in [1.82, 2.24) is 4.72 Å². The van der Waals surface area contributed by atoms with Crippen molar-refractivity contribution in [2.24, 2.45) is 0 Å². The number of benzene rings is 1. The van der Waals surface area contributed by atoms with E-state index in [0.29, 0.717) is 12.8 Å². The zero-order valence-electron chi connectivity index (χ0n) is 10.5. The van der Waals surface area contributed by atoms with Crippen LogP contribution in [0.15, 0.2) is 24.3 Å². The molecule has 106 valence electrons. The number of rotatable bonds is 7. The Morgan fingerprint density at radius 2 is 1.89 bits per heavy atom. The van der Waals surface area contributed by atoms with Crippen LogP contribution in [0.5, 0.6) is 5.75 Å². The van der Waals surface area contributed by atoms with Crippen molar-refractivity contribution in [1.29, 1.82) is 0 Å². The van der Waals surface area contributed by atoms with Gasteiger partial charge in [0.05, 0.1) is 0 Å². The summed E-state index contributed by atoms with van der Waals surface area (Å²) < 4.78 is 25.1. The molecule has 0 heterocycles. The summed E-state index contributed by atoms with van der Waals surface area (Å²) in [6.07, 6.45) is 1.18. The predicted octanol–water partition coefficient (Wildman–Crippen LogP) is 0.717. The van der Waals surface area contributed by atoms with Gasteiger partial charge in [-0.25, -0.2) is 13.1 Å². The molecule has 1 rings (SSSR count). The molecule has 6 nitrogen and oxygen atoms in total. The quantitative estimate of drug-likeness (QED) is 0.685. The van der Waals surface area contributed by atoms with E-state index >= 15 is 0 Å². The summed E-state index contributed by atoms with van der Waals surface area (Å²) in [5, 5.41) is 17.6. The Morgan fingerprint density at radius 1 is 1.32 bits per heavy atom. The molecule has 0 amide bonds. The molecule has 1 unspecified atom stereocenters. The summed E-state index contributed by atoms with van der Waals surface area (Å²) >= 11 is 0. The minimum Gasteiger partial charge on any atom is -0.508 e. The zero-order chi connectivity index (χ0) is 14.5. The number of nitrogens with one attached hydrogen (secondary N) is 1. The van der Waals surface area contributed by atoms with E-state index in [4.69, 9.17) is 10.2 Å². The summed E-state index contributed by atoms with van der Waals surface area (Å²) in [7, 11) is -3.78. The highest BCUT2D eigenvalue weighted by Crippen LogP contribution is 2.12.